The molecule has 1 heterocycles. The van der Waals surface area contributed by atoms with E-state index in [1.54, 1.807) is 6.07 Å². The Morgan fingerprint density at radius 1 is 1.08 bits per heavy atom. The van der Waals surface area contributed by atoms with Crippen LogP contribution in [0.3, 0.4) is 0 Å². The van der Waals surface area contributed by atoms with E-state index in [2.05, 4.69) is 11.9 Å². The van der Waals surface area contributed by atoms with Crippen LogP contribution in [0, 0.1) is 11.8 Å². The lowest BCUT2D eigenvalue weighted by atomic mass is 9.82. The molecule has 2 rings (SSSR count). The summed E-state index contributed by atoms with van der Waals surface area (Å²) in [4.78, 5) is 29.0. The molecule has 4 nitrogen and oxygen atoms in total. The number of ketones is 1. The molecule has 128 valence electrons. The molecule has 1 aromatic heterocycles. The lowest BCUT2D eigenvalue weighted by Crippen LogP contribution is -2.32. The van der Waals surface area contributed by atoms with Gasteiger partial charge in [-0.1, -0.05) is 63.8 Å². The summed E-state index contributed by atoms with van der Waals surface area (Å²) in [5.41, 5.74) is 0.960. The standard InChI is InChI=1S/C20H25NO3/c1-3-5-6-9-14(4-2)18(20(23)24)19(22)17-13-12-15-10-7-8-11-16(15)21-17/h7-8,10-14,18H,3-6,9H2,1-2H3,(H,23,24). The van der Waals surface area contributed by atoms with Gasteiger partial charge < -0.3 is 5.11 Å². The van der Waals surface area contributed by atoms with Crippen molar-refractivity contribution in [1.29, 1.82) is 0 Å². The largest absolute Gasteiger partial charge is 0.481 e. The van der Waals surface area contributed by atoms with Gasteiger partial charge in [0.25, 0.3) is 0 Å². The molecule has 2 unspecified atom stereocenters. The molecule has 0 fully saturated rings. The van der Waals surface area contributed by atoms with Crippen molar-refractivity contribution in [2.24, 2.45) is 11.8 Å². The maximum absolute atomic E-state index is 12.8. The number of aromatic nitrogens is 1. The summed E-state index contributed by atoms with van der Waals surface area (Å²) in [6.45, 7) is 4.06. The van der Waals surface area contributed by atoms with Gasteiger partial charge in [0.15, 0.2) is 5.78 Å². The number of benzene rings is 1. The van der Waals surface area contributed by atoms with Crippen molar-refractivity contribution in [3.8, 4) is 0 Å². The van der Waals surface area contributed by atoms with E-state index in [1.807, 2.05) is 37.3 Å². The minimum absolute atomic E-state index is 0.144. The summed E-state index contributed by atoms with van der Waals surface area (Å²) in [5.74, 6) is -2.58. The Morgan fingerprint density at radius 3 is 2.50 bits per heavy atom. The highest BCUT2D eigenvalue weighted by molar-refractivity contribution is 6.08. The van der Waals surface area contributed by atoms with E-state index in [0.717, 1.165) is 31.1 Å². The Morgan fingerprint density at radius 2 is 1.83 bits per heavy atom. The molecule has 0 radical (unpaired) electrons. The molecule has 4 heteroatoms. The first-order chi connectivity index (χ1) is 11.6. The minimum Gasteiger partial charge on any atom is -0.481 e. The predicted octanol–water partition coefficient (Wildman–Crippen LogP) is 4.72. The van der Waals surface area contributed by atoms with E-state index in [0.29, 0.717) is 11.9 Å². The van der Waals surface area contributed by atoms with Crippen LogP contribution in [0.1, 0.15) is 56.4 Å². The van der Waals surface area contributed by atoms with Crippen molar-refractivity contribution >= 4 is 22.7 Å². The first-order valence-electron chi connectivity index (χ1n) is 8.71. The van der Waals surface area contributed by atoms with Crippen molar-refractivity contribution in [3.63, 3.8) is 0 Å². The van der Waals surface area contributed by atoms with Crippen molar-refractivity contribution in [2.45, 2.75) is 46.0 Å². The predicted molar refractivity (Wildman–Crippen MR) is 95.1 cm³/mol. The van der Waals surface area contributed by atoms with Crippen LogP contribution >= 0.6 is 0 Å². The van der Waals surface area contributed by atoms with Gasteiger partial charge in [-0.15, -0.1) is 0 Å². The monoisotopic (exact) mass is 327 g/mol. The van der Waals surface area contributed by atoms with Crippen molar-refractivity contribution in [3.05, 3.63) is 42.1 Å². The highest BCUT2D eigenvalue weighted by Crippen LogP contribution is 2.26. The summed E-state index contributed by atoms with van der Waals surface area (Å²) in [6, 6.07) is 11.0. The van der Waals surface area contributed by atoms with E-state index in [9.17, 15) is 14.7 Å². The summed E-state index contributed by atoms with van der Waals surface area (Å²) < 4.78 is 0. The summed E-state index contributed by atoms with van der Waals surface area (Å²) in [6.07, 6.45) is 4.54. The SMILES string of the molecule is CCCCCC(CC)C(C(=O)O)C(=O)c1ccc2ccccc2n1. The Labute approximate surface area is 142 Å². The number of pyridine rings is 1. The van der Waals surface area contributed by atoms with Gasteiger partial charge in [-0.05, 0) is 24.5 Å². The van der Waals surface area contributed by atoms with Crippen molar-refractivity contribution in [1.82, 2.24) is 4.98 Å². The molecule has 0 aliphatic rings. The second-order valence-electron chi connectivity index (χ2n) is 6.23. The van der Waals surface area contributed by atoms with Crippen LogP contribution in [0.4, 0.5) is 0 Å². The second kappa shape index (κ2) is 8.57. The molecule has 1 aromatic carbocycles. The lowest BCUT2D eigenvalue weighted by Gasteiger charge is -2.21. The highest BCUT2D eigenvalue weighted by Gasteiger charge is 2.34. The van der Waals surface area contributed by atoms with E-state index < -0.39 is 11.9 Å². The van der Waals surface area contributed by atoms with E-state index in [4.69, 9.17) is 0 Å². The molecule has 0 spiro atoms. The van der Waals surface area contributed by atoms with Crippen LogP contribution in [0.5, 0.6) is 0 Å². The van der Waals surface area contributed by atoms with Gasteiger partial charge in [0.2, 0.25) is 0 Å². The van der Waals surface area contributed by atoms with Crippen LogP contribution in [0.15, 0.2) is 36.4 Å². The van der Waals surface area contributed by atoms with Crippen molar-refractivity contribution in [2.75, 3.05) is 0 Å². The number of aliphatic carboxylic acids is 1. The normalized spacial score (nSPS) is 13.6. The number of rotatable bonds is 9. The molecular weight excluding hydrogens is 302 g/mol. The molecule has 0 aliphatic carbocycles. The van der Waals surface area contributed by atoms with Gasteiger partial charge in [0.05, 0.1) is 5.52 Å². The molecule has 2 aromatic rings. The Balaban J connectivity index is 2.27. The van der Waals surface area contributed by atoms with Crippen LogP contribution < -0.4 is 0 Å². The third kappa shape index (κ3) is 4.19. The smallest absolute Gasteiger partial charge is 0.314 e. The number of nitrogens with zero attached hydrogens (tertiary/aromatic N) is 1. The molecule has 0 amide bonds. The molecule has 0 saturated heterocycles. The Kier molecular flexibility index (Phi) is 6.47. The number of carboxylic acids is 1. The van der Waals surface area contributed by atoms with Gasteiger partial charge in [-0.25, -0.2) is 4.98 Å². The van der Waals surface area contributed by atoms with Gasteiger partial charge >= 0.3 is 5.97 Å². The van der Waals surface area contributed by atoms with Crippen LogP contribution in [0.25, 0.3) is 10.9 Å². The van der Waals surface area contributed by atoms with Gasteiger partial charge in [-0.2, -0.15) is 0 Å². The third-order valence-corrected chi connectivity index (χ3v) is 4.57. The van der Waals surface area contributed by atoms with Crippen LogP contribution in [-0.4, -0.2) is 21.8 Å². The van der Waals surface area contributed by atoms with Gasteiger partial charge in [-0.3, -0.25) is 9.59 Å². The van der Waals surface area contributed by atoms with E-state index in [-0.39, 0.29) is 17.4 Å². The third-order valence-electron chi connectivity index (χ3n) is 4.57. The van der Waals surface area contributed by atoms with E-state index >= 15 is 0 Å². The average molecular weight is 327 g/mol. The number of hydrogen-bond donors (Lipinski definition) is 1. The maximum atomic E-state index is 12.8. The summed E-state index contributed by atoms with van der Waals surface area (Å²) in [7, 11) is 0. The Bertz CT molecular complexity index is 711. The first-order valence-corrected chi connectivity index (χ1v) is 8.71. The van der Waals surface area contributed by atoms with Crippen molar-refractivity contribution < 1.29 is 14.7 Å². The average Bonchev–Trinajstić information content (AvgIpc) is 2.59. The summed E-state index contributed by atoms with van der Waals surface area (Å²) in [5, 5.41) is 10.6. The number of carbonyl (C=O) groups is 2. The minimum atomic E-state index is -1.04. The first kappa shape index (κ1) is 18.1. The topological polar surface area (TPSA) is 67.3 Å². The number of unbranched alkanes of at least 4 members (excludes halogenated alkanes) is 2. The molecule has 0 bridgehead atoms. The van der Waals surface area contributed by atoms with Gasteiger partial charge in [0.1, 0.15) is 11.6 Å². The fourth-order valence-corrected chi connectivity index (χ4v) is 3.15. The molecule has 0 aliphatic heterocycles. The number of para-hydroxylation sites is 1. The zero-order chi connectivity index (χ0) is 17.5. The number of Topliss-reactive ketones (excluding diaryl/α,β-unsaturated/α-hetero) is 1. The molecule has 1 N–H and O–H groups in total. The maximum Gasteiger partial charge on any atom is 0.314 e. The fraction of sp³-hybridized carbons (Fsp3) is 0.450. The van der Waals surface area contributed by atoms with Gasteiger partial charge in [0, 0.05) is 5.39 Å². The Hall–Kier alpha value is -2.23. The highest BCUT2D eigenvalue weighted by atomic mass is 16.4. The number of hydrogen-bond acceptors (Lipinski definition) is 3. The zero-order valence-corrected chi connectivity index (χ0v) is 14.4. The molecular formula is C20H25NO3. The molecule has 24 heavy (non-hydrogen) atoms. The van der Waals surface area contributed by atoms with E-state index in [1.165, 1.54) is 0 Å². The zero-order valence-electron chi connectivity index (χ0n) is 14.4. The molecule has 2 atom stereocenters. The van der Waals surface area contributed by atoms with Crippen LogP contribution in [-0.2, 0) is 4.79 Å². The van der Waals surface area contributed by atoms with Crippen LogP contribution in [0.2, 0.25) is 0 Å². The second-order valence-corrected chi connectivity index (χ2v) is 6.23. The number of carboxylic acid groups (broad SMARTS) is 1. The lowest BCUT2D eigenvalue weighted by molar-refractivity contribution is -0.141. The quantitative estimate of drug-likeness (QED) is 0.411. The number of fused-ring (bicyclic) bond motifs is 1. The molecule has 0 saturated carbocycles. The fourth-order valence-electron chi connectivity index (χ4n) is 3.15. The number of carbonyl (C=O) groups excluding carboxylic acids is 1. The summed E-state index contributed by atoms with van der Waals surface area (Å²) >= 11 is 0.